The minimum Gasteiger partial charge on any atom is -0.376 e. The van der Waals surface area contributed by atoms with Gasteiger partial charge in [0, 0.05) is 23.4 Å². The van der Waals surface area contributed by atoms with Gasteiger partial charge in [-0.15, -0.1) is 0 Å². The van der Waals surface area contributed by atoms with Crippen molar-refractivity contribution < 1.29 is 9.72 Å². The summed E-state index contributed by atoms with van der Waals surface area (Å²) in [6.07, 6.45) is 0. The van der Waals surface area contributed by atoms with Gasteiger partial charge in [0.25, 0.3) is 11.6 Å². The van der Waals surface area contributed by atoms with Crippen molar-refractivity contribution in [2.75, 3.05) is 11.9 Å². The molecule has 0 unspecified atom stereocenters. The largest absolute Gasteiger partial charge is 0.376 e. The first-order chi connectivity index (χ1) is 11.9. The number of hydrogen-bond donors (Lipinski definition) is 2. The normalized spacial score (nSPS) is 11.1. The summed E-state index contributed by atoms with van der Waals surface area (Å²) < 4.78 is 0. The van der Waals surface area contributed by atoms with Crippen LogP contribution in [0.3, 0.4) is 0 Å². The zero-order valence-corrected chi connectivity index (χ0v) is 14.4. The van der Waals surface area contributed by atoms with Crippen LogP contribution in [0, 0.1) is 24.0 Å². The van der Waals surface area contributed by atoms with E-state index in [0.717, 1.165) is 16.8 Å². The van der Waals surface area contributed by atoms with Gasteiger partial charge in [-0.25, -0.2) is 5.43 Å². The third kappa shape index (κ3) is 5.13. The smallest absolute Gasteiger partial charge is 0.270 e. The SMILES string of the molecule is CC(=NNC(=O)CNc1ccc(C)cc1C)c1cccc([N+](=O)[O-])c1. The Morgan fingerprint density at radius 1 is 1.20 bits per heavy atom. The number of non-ortho nitro benzene ring substituents is 1. The fourth-order valence-electron chi connectivity index (χ4n) is 2.28. The zero-order chi connectivity index (χ0) is 18.4. The van der Waals surface area contributed by atoms with Crippen LogP contribution in [0.1, 0.15) is 23.6 Å². The first kappa shape index (κ1) is 18.1. The maximum Gasteiger partial charge on any atom is 0.270 e. The van der Waals surface area contributed by atoms with Gasteiger partial charge in [0.15, 0.2) is 0 Å². The lowest BCUT2D eigenvalue weighted by Crippen LogP contribution is -2.27. The summed E-state index contributed by atoms with van der Waals surface area (Å²) in [6, 6.07) is 12.0. The van der Waals surface area contributed by atoms with E-state index < -0.39 is 4.92 Å². The van der Waals surface area contributed by atoms with Gasteiger partial charge in [0.1, 0.15) is 0 Å². The van der Waals surface area contributed by atoms with Gasteiger partial charge in [0.05, 0.1) is 17.2 Å². The first-order valence-corrected chi connectivity index (χ1v) is 7.76. The fraction of sp³-hybridized carbons (Fsp3) is 0.222. The zero-order valence-electron chi connectivity index (χ0n) is 14.4. The first-order valence-electron chi connectivity index (χ1n) is 7.76. The van der Waals surface area contributed by atoms with Crippen molar-refractivity contribution in [3.05, 3.63) is 69.3 Å². The number of nitrogens with zero attached hydrogens (tertiary/aromatic N) is 2. The van der Waals surface area contributed by atoms with E-state index in [1.165, 1.54) is 12.1 Å². The van der Waals surface area contributed by atoms with Crippen molar-refractivity contribution in [3.8, 4) is 0 Å². The van der Waals surface area contributed by atoms with Gasteiger partial charge in [-0.3, -0.25) is 14.9 Å². The third-order valence-electron chi connectivity index (χ3n) is 3.64. The van der Waals surface area contributed by atoms with Gasteiger partial charge >= 0.3 is 0 Å². The van der Waals surface area contributed by atoms with E-state index in [9.17, 15) is 14.9 Å². The fourth-order valence-corrected chi connectivity index (χ4v) is 2.28. The number of hydrazone groups is 1. The number of aryl methyl sites for hydroxylation is 2. The van der Waals surface area contributed by atoms with Gasteiger partial charge < -0.3 is 5.32 Å². The second-order valence-corrected chi connectivity index (χ2v) is 5.71. The molecule has 0 spiro atoms. The van der Waals surface area contributed by atoms with Gasteiger partial charge in [0.2, 0.25) is 0 Å². The molecule has 0 heterocycles. The molecule has 0 atom stereocenters. The molecule has 0 aliphatic rings. The molecule has 7 heteroatoms. The summed E-state index contributed by atoms with van der Waals surface area (Å²) in [5.74, 6) is -0.301. The number of benzene rings is 2. The molecule has 0 bridgehead atoms. The second-order valence-electron chi connectivity index (χ2n) is 5.71. The Bertz CT molecular complexity index is 831. The Kier molecular flexibility index (Phi) is 5.84. The average Bonchev–Trinajstić information content (AvgIpc) is 2.59. The van der Waals surface area contributed by atoms with E-state index in [0.29, 0.717) is 11.3 Å². The lowest BCUT2D eigenvalue weighted by Gasteiger charge is -2.09. The molecule has 2 rings (SSSR count). The Hall–Kier alpha value is -3.22. The molecule has 25 heavy (non-hydrogen) atoms. The van der Waals surface area contributed by atoms with E-state index in [1.54, 1.807) is 19.1 Å². The number of rotatable bonds is 6. The number of carbonyl (C=O) groups is 1. The highest BCUT2D eigenvalue weighted by Gasteiger charge is 2.08. The highest BCUT2D eigenvalue weighted by atomic mass is 16.6. The molecule has 0 aliphatic carbocycles. The number of nitro benzene ring substituents is 1. The summed E-state index contributed by atoms with van der Waals surface area (Å²) >= 11 is 0. The molecule has 2 N–H and O–H groups in total. The Morgan fingerprint density at radius 3 is 2.64 bits per heavy atom. The van der Waals surface area contributed by atoms with E-state index in [-0.39, 0.29) is 18.1 Å². The van der Waals surface area contributed by atoms with E-state index in [4.69, 9.17) is 0 Å². The van der Waals surface area contributed by atoms with Crippen molar-refractivity contribution in [3.63, 3.8) is 0 Å². The van der Waals surface area contributed by atoms with Crippen LogP contribution in [0.15, 0.2) is 47.6 Å². The third-order valence-corrected chi connectivity index (χ3v) is 3.64. The topological polar surface area (TPSA) is 96.6 Å². The molecule has 0 fully saturated rings. The number of nitrogens with one attached hydrogen (secondary N) is 2. The van der Waals surface area contributed by atoms with Gasteiger partial charge in [-0.2, -0.15) is 5.10 Å². The van der Waals surface area contributed by atoms with Gasteiger partial charge in [-0.05, 0) is 32.4 Å². The molecule has 130 valence electrons. The Morgan fingerprint density at radius 2 is 1.96 bits per heavy atom. The quantitative estimate of drug-likeness (QED) is 0.479. The van der Waals surface area contributed by atoms with Crippen molar-refractivity contribution in [2.24, 2.45) is 5.10 Å². The van der Waals surface area contributed by atoms with E-state index in [2.05, 4.69) is 15.8 Å². The van der Waals surface area contributed by atoms with Crippen LogP contribution in [-0.4, -0.2) is 23.1 Å². The molecule has 2 aromatic rings. The van der Waals surface area contributed by atoms with Crippen molar-refractivity contribution in [2.45, 2.75) is 20.8 Å². The number of carbonyl (C=O) groups excluding carboxylic acids is 1. The van der Waals surface area contributed by atoms with Crippen LogP contribution < -0.4 is 10.7 Å². The minimum absolute atomic E-state index is 0.0186. The standard InChI is InChI=1S/C18H20N4O3/c1-12-7-8-17(13(2)9-12)19-11-18(23)21-20-14(3)15-5-4-6-16(10-15)22(24)25/h4-10,19H,11H2,1-3H3,(H,21,23). The van der Waals surface area contributed by atoms with Crippen LogP contribution in [0.4, 0.5) is 11.4 Å². The highest BCUT2D eigenvalue weighted by Crippen LogP contribution is 2.15. The molecule has 2 aromatic carbocycles. The number of nitro groups is 1. The molecular weight excluding hydrogens is 320 g/mol. The van der Waals surface area contributed by atoms with Gasteiger partial charge in [-0.1, -0.05) is 29.8 Å². The summed E-state index contributed by atoms with van der Waals surface area (Å²) in [7, 11) is 0. The summed E-state index contributed by atoms with van der Waals surface area (Å²) in [5.41, 5.74) is 6.60. The van der Waals surface area contributed by atoms with E-state index in [1.807, 2.05) is 32.0 Å². The van der Waals surface area contributed by atoms with Crippen molar-refractivity contribution >= 4 is 23.0 Å². The molecule has 0 saturated heterocycles. The molecule has 7 nitrogen and oxygen atoms in total. The Balaban J connectivity index is 1.95. The predicted molar refractivity (Wildman–Crippen MR) is 97.9 cm³/mol. The molecule has 0 saturated carbocycles. The lowest BCUT2D eigenvalue weighted by atomic mass is 10.1. The predicted octanol–water partition coefficient (Wildman–Crippen LogP) is 3.16. The van der Waals surface area contributed by atoms with Crippen LogP contribution in [0.5, 0.6) is 0 Å². The molecule has 0 aromatic heterocycles. The monoisotopic (exact) mass is 340 g/mol. The molecule has 0 radical (unpaired) electrons. The highest BCUT2D eigenvalue weighted by molar-refractivity contribution is 5.99. The number of anilines is 1. The molecule has 1 amide bonds. The van der Waals surface area contributed by atoms with Crippen LogP contribution in [-0.2, 0) is 4.79 Å². The van der Waals surface area contributed by atoms with Crippen LogP contribution >= 0.6 is 0 Å². The van der Waals surface area contributed by atoms with Crippen molar-refractivity contribution in [1.82, 2.24) is 5.43 Å². The molecule has 0 aliphatic heterocycles. The maximum absolute atomic E-state index is 11.9. The molecular formula is C18H20N4O3. The second kappa shape index (κ2) is 8.05. The number of amides is 1. The average molecular weight is 340 g/mol. The van der Waals surface area contributed by atoms with Crippen LogP contribution in [0.25, 0.3) is 0 Å². The number of hydrogen-bond acceptors (Lipinski definition) is 5. The summed E-state index contributed by atoms with van der Waals surface area (Å²) in [5, 5.41) is 17.9. The summed E-state index contributed by atoms with van der Waals surface area (Å²) in [6.45, 7) is 5.74. The summed E-state index contributed by atoms with van der Waals surface area (Å²) in [4.78, 5) is 22.2. The minimum atomic E-state index is -0.469. The van der Waals surface area contributed by atoms with E-state index >= 15 is 0 Å². The maximum atomic E-state index is 11.9. The van der Waals surface area contributed by atoms with Crippen LogP contribution in [0.2, 0.25) is 0 Å². The van der Waals surface area contributed by atoms with Crippen molar-refractivity contribution in [1.29, 1.82) is 0 Å². The Labute approximate surface area is 145 Å². The lowest BCUT2D eigenvalue weighted by molar-refractivity contribution is -0.384.